The first kappa shape index (κ1) is 20.0. The van der Waals surface area contributed by atoms with Crippen molar-refractivity contribution in [3.63, 3.8) is 0 Å². The van der Waals surface area contributed by atoms with Crippen LogP contribution in [0.1, 0.15) is 29.3 Å². The Balaban J connectivity index is 1.99. The molecule has 0 aliphatic carbocycles. The van der Waals surface area contributed by atoms with E-state index < -0.39 is 18.0 Å². The molecule has 0 bridgehead atoms. The van der Waals surface area contributed by atoms with Crippen LogP contribution in [0.4, 0.5) is 4.39 Å². The number of carbonyl (C=O) groups is 2. The first-order valence-electron chi connectivity index (χ1n) is 8.75. The van der Waals surface area contributed by atoms with Gasteiger partial charge >= 0.3 is 0 Å². The van der Waals surface area contributed by atoms with Crippen molar-refractivity contribution >= 4 is 34.3 Å². The van der Waals surface area contributed by atoms with Gasteiger partial charge in [0.1, 0.15) is 10.8 Å². The first-order valence-corrected chi connectivity index (χ1v) is 9.74. The van der Waals surface area contributed by atoms with Crippen molar-refractivity contribution in [3.8, 4) is 18.1 Å². The third-order valence-electron chi connectivity index (χ3n) is 4.93. The van der Waals surface area contributed by atoms with Gasteiger partial charge in [-0.05, 0) is 18.6 Å². The molecular weight excluding hydrogens is 381 g/mol. The minimum absolute atomic E-state index is 0.225. The number of methoxy groups -OCH3 is 1. The molecule has 6 nitrogen and oxygen atoms in total. The molecule has 28 heavy (non-hydrogen) atoms. The lowest BCUT2D eigenvalue weighted by molar-refractivity contribution is -0.123. The lowest BCUT2D eigenvalue weighted by Crippen LogP contribution is -2.31. The van der Waals surface area contributed by atoms with Crippen LogP contribution in [-0.2, 0) is 4.79 Å². The lowest BCUT2D eigenvalue weighted by atomic mass is 9.98. The third kappa shape index (κ3) is 3.50. The summed E-state index contributed by atoms with van der Waals surface area (Å²) < 4.78 is 19.3. The molecule has 3 atom stereocenters. The number of halogens is 1. The van der Waals surface area contributed by atoms with Gasteiger partial charge in [-0.25, -0.2) is 9.37 Å². The second-order valence-electron chi connectivity index (χ2n) is 6.48. The Morgan fingerprint density at radius 2 is 2.21 bits per heavy atom. The van der Waals surface area contributed by atoms with Crippen LogP contribution >= 0.6 is 11.8 Å². The zero-order chi connectivity index (χ0) is 20.4. The molecule has 0 radical (unpaired) electrons. The average molecular weight is 401 g/mol. The summed E-state index contributed by atoms with van der Waals surface area (Å²) in [6.07, 6.45) is 6.19. The number of hydrogen-bond acceptors (Lipinski definition) is 5. The molecule has 2 aromatic rings. The molecule has 1 aromatic heterocycles. The fourth-order valence-electron chi connectivity index (χ4n) is 3.43. The zero-order valence-electron chi connectivity index (χ0n) is 15.5. The Labute approximate surface area is 166 Å². The number of carbonyl (C=O) groups excluding carboxylic acids is 2. The smallest absolute Gasteiger partial charge is 0.255 e. The second-order valence-corrected chi connectivity index (χ2v) is 7.49. The van der Waals surface area contributed by atoms with Gasteiger partial charge in [0.2, 0.25) is 0 Å². The number of alkyl halides is 1. The minimum Gasteiger partial charge on any atom is -0.496 e. The quantitative estimate of drug-likeness (QED) is 0.572. The normalized spacial score (nSPS) is 21.4. The minimum atomic E-state index is -1.48. The van der Waals surface area contributed by atoms with Gasteiger partial charge in [0.05, 0.1) is 18.2 Å². The highest BCUT2D eigenvalue weighted by atomic mass is 32.2. The van der Waals surface area contributed by atoms with Crippen molar-refractivity contribution < 1.29 is 18.7 Å². The Morgan fingerprint density at radius 3 is 2.82 bits per heavy atom. The number of pyridine rings is 1. The van der Waals surface area contributed by atoms with E-state index in [1.165, 1.54) is 18.9 Å². The number of hydrogen-bond donors (Lipinski definition) is 2. The van der Waals surface area contributed by atoms with E-state index in [2.05, 4.69) is 16.2 Å². The molecule has 8 heteroatoms. The molecule has 146 valence electrons. The van der Waals surface area contributed by atoms with Gasteiger partial charge in [0.15, 0.2) is 6.17 Å². The molecule has 1 fully saturated rings. The van der Waals surface area contributed by atoms with Gasteiger partial charge in [-0.3, -0.25) is 9.59 Å². The summed E-state index contributed by atoms with van der Waals surface area (Å²) >= 11 is 1.39. The highest BCUT2D eigenvalue weighted by Gasteiger charge is 2.41. The van der Waals surface area contributed by atoms with Crippen molar-refractivity contribution in [1.82, 2.24) is 10.3 Å². The van der Waals surface area contributed by atoms with Crippen LogP contribution in [0.15, 0.2) is 23.4 Å². The molecule has 0 spiro atoms. The highest BCUT2D eigenvalue weighted by Crippen LogP contribution is 2.35. The molecule has 1 saturated heterocycles. The maximum atomic E-state index is 14.0. The maximum absolute atomic E-state index is 14.0. The standard InChI is InChI=1S/C20H20FN3O3S/c1-4-10-8-23-20(28-9-15-11(5-2)17(21)19(26)24-15)13-7-16(27-3)14(18(22)25)6-12(10)13/h1,6-8,11,15,17H,5,9H2,2-3H3,(H2,22,25)(H,24,26)/t11-,15?,17-/m0/s1. The van der Waals surface area contributed by atoms with Gasteiger partial charge in [0, 0.05) is 34.7 Å². The molecule has 2 amide bonds. The van der Waals surface area contributed by atoms with E-state index in [-0.39, 0.29) is 17.5 Å². The Hall–Kier alpha value is -2.79. The van der Waals surface area contributed by atoms with Crippen LogP contribution in [0.2, 0.25) is 0 Å². The number of nitrogens with zero attached hydrogens (tertiary/aromatic N) is 1. The fraction of sp³-hybridized carbons (Fsp3) is 0.350. The average Bonchev–Trinajstić information content (AvgIpc) is 2.97. The monoisotopic (exact) mass is 401 g/mol. The number of thioether (sulfide) groups is 1. The molecular formula is C20H20FN3O3S. The number of ether oxygens (including phenoxy) is 1. The number of nitrogens with one attached hydrogen (secondary N) is 1. The summed E-state index contributed by atoms with van der Waals surface area (Å²) in [6, 6.07) is 2.99. The van der Waals surface area contributed by atoms with Crippen molar-refractivity contribution in [1.29, 1.82) is 0 Å². The Kier molecular flexibility index (Phi) is 5.75. The fourth-order valence-corrected chi connectivity index (χ4v) is 4.55. The van der Waals surface area contributed by atoms with E-state index in [0.29, 0.717) is 39.3 Å². The van der Waals surface area contributed by atoms with Crippen molar-refractivity contribution in [2.24, 2.45) is 11.7 Å². The number of aromatic nitrogens is 1. The van der Waals surface area contributed by atoms with E-state index in [4.69, 9.17) is 16.9 Å². The number of fused-ring (bicyclic) bond motifs is 1. The number of primary amides is 1. The lowest BCUT2D eigenvalue weighted by Gasteiger charge is -2.18. The van der Waals surface area contributed by atoms with Crippen LogP contribution in [0, 0.1) is 18.3 Å². The molecule has 3 rings (SSSR count). The van der Waals surface area contributed by atoms with Crippen LogP contribution in [0.25, 0.3) is 10.8 Å². The molecule has 1 aliphatic heterocycles. The summed E-state index contributed by atoms with van der Waals surface area (Å²) in [5.74, 6) is 1.78. The third-order valence-corrected chi connectivity index (χ3v) is 6.06. The van der Waals surface area contributed by atoms with Gasteiger partial charge in [-0.1, -0.05) is 12.8 Å². The predicted molar refractivity (Wildman–Crippen MR) is 106 cm³/mol. The molecule has 1 aromatic carbocycles. The van der Waals surface area contributed by atoms with Crippen molar-refractivity contribution in [2.75, 3.05) is 12.9 Å². The number of terminal acetylenes is 1. The Morgan fingerprint density at radius 1 is 1.46 bits per heavy atom. The van der Waals surface area contributed by atoms with Crippen LogP contribution < -0.4 is 15.8 Å². The van der Waals surface area contributed by atoms with Crippen LogP contribution in [0.3, 0.4) is 0 Å². The van der Waals surface area contributed by atoms with Gasteiger partial charge in [0.25, 0.3) is 11.8 Å². The Bertz CT molecular complexity index is 989. The second kappa shape index (κ2) is 8.07. The summed E-state index contributed by atoms with van der Waals surface area (Å²) in [6.45, 7) is 1.86. The van der Waals surface area contributed by atoms with Crippen molar-refractivity contribution in [3.05, 3.63) is 29.5 Å². The molecule has 2 heterocycles. The predicted octanol–water partition coefficient (Wildman–Crippen LogP) is 2.28. The summed E-state index contributed by atoms with van der Waals surface area (Å²) in [7, 11) is 1.44. The molecule has 0 saturated carbocycles. The highest BCUT2D eigenvalue weighted by molar-refractivity contribution is 7.99. The van der Waals surface area contributed by atoms with E-state index in [9.17, 15) is 14.0 Å². The zero-order valence-corrected chi connectivity index (χ0v) is 16.3. The molecule has 3 N–H and O–H groups in total. The van der Waals surface area contributed by atoms with Gasteiger partial charge in [-0.15, -0.1) is 18.2 Å². The summed E-state index contributed by atoms with van der Waals surface area (Å²) in [5.41, 5.74) is 6.19. The topological polar surface area (TPSA) is 94.3 Å². The largest absolute Gasteiger partial charge is 0.496 e. The summed E-state index contributed by atoms with van der Waals surface area (Å²) in [5, 5.41) is 4.72. The van der Waals surface area contributed by atoms with E-state index in [0.717, 1.165) is 0 Å². The number of benzene rings is 1. The number of nitrogens with two attached hydrogens (primary N) is 1. The number of rotatable bonds is 6. The van der Waals surface area contributed by atoms with Gasteiger partial charge < -0.3 is 15.8 Å². The molecule has 1 aliphatic rings. The van der Waals surface area contributed by atoms with Crippen LogP contribution in [-0.4, -0.2) is 41.9 Å². The summed E-state index contributed by atoms with van der Waals surface area (Å²) in [4.78, 5) is 27.8. The SMILES string of the molecule is C#Cc1cnc(SCC2NC(=O)[C@@H](F)[C@H]2CC)c2cc(OC)c(C(N)=O)cc12. The first-order chi connectivity index (χ1) is 13.4. The number of amides is 2. The maximum Gasteiger partial charge on any atom is 0.255 e. The van der Waals surface area contributed by atoms with E-state index in [1.807, 2.05) is 6.92 Å². The van der Waals surface area contributed by atoms with Crippen molar-refractivity contribution in [2.45, 2.75) is 30.6 Å². The van der Waals surface area contributed by atoms with E-state index >= 15 is 0 Å². The molecule has 1 unspecified atom stereocenters. The van der Waals surface area contributed by atoms with Crippen LogP contribution in [0.5, 0.6) is 5.75 Å². The van der Waals surface area contributed by atoms with Gasteiger partial charge in [-0.2, -0.15) is 0 Å². The van der Waals surface area contributed by atoms with E-state index in [1.54, 1.807) is 18.3 Å².